The molecule has 0 aliphatic heterocycles. The molecule has 0 bridgehead atoms. The summed E-state index contributed by atoms with van der Waals surface area (Å²) in [6.45, 7) is 0. The molecule has 1 fully saturated rings. The van der Waals surface area contributed by atoms with E-state index in [1.807, 2.05) is 24.4 Å². The van der Waals surface area contributed by atoms with Crippen molar-refractivity contribution < 1.29 is 4.79 Å². The lowest BCUT2D eigenvalue weighted by atomic mass is 9.87. The Bertz CT molecular complexity index is 556. The molecule has 2 aromatic rings. The number of carbonyl (C=O) groups is 1. The fraction of sp³-hybridized carbons (Fsp3) is 0.333. The van der Waals surface area contributed by atoms with Crippen LogP contribution in [-0.2, 0) is 0 Å². The minimum absolute atomic E-state index is 0.0666. The summed E-state index contributed by atoms with van der Waals surface area (Å²) in [5.74, 6) is -0.0666. The van der Waals surface area contributed by atoms with E-state index in [1.54, 1.807) is 10.7 Å². The summed E-state index contributed by atoms with van der Waals surface area (Å²) in [7, 11) is 0. The van der Waals surface area contributed by atoms with Gasteiger partial charge in [-0.1, -0.05) is 6.07 Å². The number of nitrogens with one attached hydrogen (secondary N) is 1. The molecule has 5 heteroatoms. The Morgan fingerprint density at radius 3 is 3.06 bits per heavy atom. The predicted octanol–water partition coefficient (Wildman–Crippen LogP) is 0.554. The zero-order chi connectivity index (χ0) is 11.8. The van der Waals surface area contributed by atoms with Crippen molar-refractivity contribution in [2.45, 2.75) is 24.9 Å². The fourth-order valence-electron chi connectivity index (χ4n) is 2.15. The standard InChI is InChI=1S/C12H14N4O/c13-8-5-9(6-8)15-12(17)10-7-14-16-4-2-1-3-11(10)16/h1-4,7-9H,5-6,13H2,(H,15,17). The maximum atomic E-state index is 12.0. The van der Waals surface area contributed by atoms with Crippen LogP contribution in [0, 0.1) is 0 Å². The number of fused-ring (bicyclic) bond motifs is 1. The quantitative estimate of drug-likeness (QED) is 0.791. The molecule has 0 unspecified atom stereocenters. The molecule has 3 rings (SSSR count). The largest absolute Gasteiger partial charge is 0.349 e. The van der Waals surface area contributed by atoms with Gasteiger partial charge in [-0.2, -0.15) is 5.10 Å². The lowest BCUT2D eigenvalue weighted by molar-refractivity contribution is 0.0912. The van der Waals surface area contributed by atoms with E-state index in [1.165, 1.54) is 0 Å². The zero-order valence-electron chi connectivity index (χ0n) is 9.34. The Morgan fingerprint density at radius 2 is 2.29 bits per heavy atom. The maximum Gasteiger partial charge on any atom is 0.255 e. The predicted molar refractivity (Wildman–Crippen MR) is 63.7 cm³/mol. The van der Waals surface area contributed by atoms with Crippen molar-refractivity contribution in [2.24, 2.45) is 5.73 Å². The lowest BCUT2D eigenvalue weighted by Gasteiger charge is -2.32. The minimum atomic E-state index is -0.0666. The third-order valence-corrected chi connectivity index (χ3v) is 3.18. The van der Waals surface area contributed by atoms with Crippen LogP contribution in [0.15, 0.2) is 30.6 Å². The first-order chi connectivity index (χ1) is 8.24. The number of pyridine rings is 1. The van der Waals surface area contributed by atoms with E-state index < -0.39 is 0 Å². The monoisotopic (exact) mass is 230 g/mol. The third-order valence-electron chi connectivity index (χ3n) is 3.18. The van der Waals surface area contributed by atoms with Crippen LogP contribution in [0.3, 0.4) is 0 Å². The second-order valence-corrected chi connectivity index (χ2v) is 4.49. The second kappa shape index (κ2) is 3.85. The SMILES string of the molecule is NC1CC(NC(=O)c2cnn3ccccc23)C1. The van der Waals surface area contributed by atoms with Crippen molar-refractivity contribution >= 4 is 11.4 Å². The Kier molecular flexibility index (Phi) is 2.33. The molecule has 0 aromatic carbocycles. The summed E-state index contributed by atoms with van der Waals surface area (Å²) >= 11 is 0. The van der Waals surface area contributed by atoms with Gasteiger partial charge in [-0.25, -0.2) is 4.52 Å². The Morgan fingerprint density at radius 1 is 1.47 bits per heavy atom. The van der Waals surface area contributed by atoms with Crippen molar-refractivity contribution in [1.29, 1.82) is 0 Å². The molecule has 0 atom stereocenters. The molecule has 1 aliphatic rings. The molecule has 1 amide bonds. The van der Waals surface area contributed by atoms with Crippen LogP contribution in [0.4, 0.5) is 0 Å². The zero-order valence-corrected chi connectivity index (χ0v) is 9.34. The molecule has 0 radical (unpaired) electrons. The van der Waals surface area contributed by atoms with E-state index in [9.17, 15) is 4.79 Å². The fourth-order valence-corrected chi connectivity index (χ4v) is 2.15. The Labute approximate surface area is 98.6 Å². The van der Waals surface area contributed by atoms with Crippen LogP contribution >= 0.6 is 0 Å². The highest BCUT2D eigenvalue weighted by Crippen LogP contribution is 2.18. The van der Waals surface area contributed by atoms with E-state index in [4.69, 9.17) is 5.73 Å². The summed E-state index contributed by atoms with van der Waals surface area (Å²) in [6.07, 6.45) is 5.16. The first-order valence-corrected chi connectivity index (χ1v) is 5.73. The van der Waals surface area contributed by atoms with Crippen molar-refractivity contribution in [2.75, 3.05) is 0 Å². The van der Waals surface area contributed by atoms with Gasteiger partial charge in [0.05, 0.1) is 17.3 Å². The van der Waals surface area contributed by atoms with Gasteiger partial charge in [-0.3, -0.25) is 4.79 Å². The summed E-state index contributed by atoms with van der Waals surface area (Å²) in [5.41, 5.74) is 7.13. The first kappa shape index (κ1) is 10.3. The van der Waals surface area contributed by atoms with Gasteiger partial charge in [-0.05, 0) is 25.0 Å². The van der Waals surface area contributed by atoms with E-state index in [2.05, 4.69) is 10.4 Å². The van der Waals surface area contributed by atoms with Crippen LogP contribution in [0.25, 0.3) is 5.52 Å². The van der Waals surface area contributed by atoms with Gasteiger partial charge in [0.25, 0.3) is 5.91 Å². The number of amides is 1. The molecule has 3 N–H and O–H groups in total. The van der Waals surface area contributed by atoms with Gasteiger partial charge in [-0.15, -0.1) is 0 Å². The summed E-state index contributed by atoms with van der Waals surface area (Å²) in [4.78, 5) is 12.0. The van der Waals surface area contributed by atoms with Crippen LogP contribution in [0.1, 0.15) is 23.2 Å². The number of nitrogens with zero attached hydrogens (tertiary/aromatic N) is 2. The van der Waals surface area contributed by atoms with Crippen molar-refractivity contribution in [3.63, 3.8) is 0 Å². The van der Waals surface area contributed by atoms with Gasteiger partial charge >= 0.3 is 0 Å². The van der Waals surface area contributed by atoms with Crippen molar-refractivity contribution in [3.8, 4) is 0 Å². The van der Waals surface area contributed by atoms with Crippen LogP contribution in [-0.4, -0.2) is 27.6 Å². The molecule has 2 heterocycles. The second-order valence-electron chi connectivity index (χ2n) is 4.49. The Hall–Kier alpha value is -1.88. The summed E-state index contributed by atoms with van der Waals surface area (Å²) < 4.78 is 1.70. The van der Waals surface area contributed by atoms with E-state index in [0.29, 0.717) is 5.56 Å². The van der Waals surface area contributed by atoms with Gasteiger partial charge in [0, 0.05) is 18.3 Å². The molecule has 88 valence electrons. The highest BCUT2D eigenvalue weighted by atomic mass is 16.1. The van der Waals surface area contributed by atoms with Crippen LogP contribution in [0.2, 0.25) is 0 Å². The highest BCUT2D eigenvalue weighted by molar-refractivity contribution is 6.00. The van der Waals surface area contributed by atoms with E-state index >= 15 is 0 Å². The van der Waals surface area contributed by atoms with E-state index in [-0.39, 0.29) is 18.0 Å². The molecule has 2 aromatic heterocycles. The average molecular weight is 230 g/mol. The van der Waals surface area contributed by atoms with Gasteiger partial charge in [0.15, 0.2) is 0 Å². The molecule has 0 spiro atoms. The molecule has 1 saturated carbocycles. The number of hydrogen-bond donors (Lipinski definition) is 2. The van der Waals surface area contributed by atoms with Crippen LogP contribution < -0.4 is 11.1 Å². The number of aromatic nitrogens is 2. The van der Waals surface area contributed by atoms with Crippen molar-refractivity contribution in [1.82, 2.24) is 14.9 Å². The van der Waals surface area contributed by atoms with Gasteiger partial charge < -0.3 is 11.1 Å². The maximum absolute atomic E-state index is 12.0. The topological polar surface area (TPSA) is 72.4 Å². The van der Waals surface area contributed by atoms with Gasteiger partial charge in [0.1, 0.15) is 0 Å². The molecule has 17 heavy (non-hydrogen) atoms. The molecule has 0 saturated heterocycles. The van der Waals surface area contributed by atoms with Gasteiger partial charge in [0.2, 0.25) is 0 Å². The molecule has 5 nitrogen and oxygen atoms in total. The number of nitrogens with two attached hydrogens (primary N) is 1. The normalized spacial score (nSPS) is 23.4. The third kappa shape index (κ3) is 1.78. The number of carbonyl (C=O) groups excluding carboxylic acids is 1. The molecule has 1 aliphatic carbocycles. The van der Waals surface area contributed by atoms with Crippen molar-refractivity contribution in [3.05, 3.63) is 36.2 Å². The highest BCUT2D eigenvalue weighted by Gasteiger charge is 2.28. The number of hydrogen-bond acceptors (Lipinski definition) is 3. The number of rotatable bonds is 2. The minimum Gasteiger partial charge on any atom is -0.349 e. The van der Waals surface area contributed by atoms with E-state index in [0.717, 1.165) is 18.4 Å². The summed E-state index contributed by atoms with van der Waals surface area (Å²) in [6, 6.07) is 6.12. The lowest BCUT2D eigenvalue weighted by Crippen LogP contribution is -2.50. The Balaban J connectivity index is 1.81. The first-order valence-electron chi connectivity index (χ1n) is 5.73. The summed E-state index contributed by atoms with van der Waals surface area (Å²) in [5, 5.41) is 7.11. The smallest absolute Gasteiger partial charge is 0.255 e. The molecular weight excluding hydrogens is 216 g/mol. The van der Waals surface area contributed by atoms with Crippen LogP contribution in [0.5, 0.6) is 0 Å². The average Bonchev–Trinajstić information content (AvgIpc) is 2.70. The molecular formula is C12H14N4O.